The quantitative estimate of drug-likeness (QED) is 0.829. The van der Waals surface area contributed by atoms with Crippen molar-refractivity contribution in [1.29, 1.82) is 0 Å². The van der Waals surface area contributed by atoms with Gasteiger partial charge in [0.05, 0.1) is 7.11 Å². The molecule has 0 fully saturated rings. The number of hydrogen-bond donors (Lipinski definition) is 1. The second-order valence-electron chi connectivity index (χ2n) is 4.04. The minimum Gasteiger partial charge on any atom is -0.467 e. The van der Waals surface area contributed by atoms with Crippen LogP contribution in [-0.2, 0) is 14.3 Å². The molecule has 0 bridgehead atoms. The molecule has 0 unspecified atom stereocenters. The fourth-order valence-corrected chi connectivity index (χ4v) is 1.69. The zero-order chi connectivity index (χ0) is 13.7. The molecule has 1 N–H and O–H groups in total. The van der Waals surface area contributed by atoms with E-state index in [1.807, 2.05) is 0 Å². The Balaban J connectivity index is 2.94. The van der Waals surface area contributed by atoms with Gasteiger partial charge in [0.1, 0.15) is 11.9 Å². The lowest BCUT2D eigenvalue weighted by molar-refractivity contribution is -0.145. The van der Waals surface area contributed by atoms with E-state index in [4.69, 9.17) is 0 Å². The van der Waals surface area contributed by atoms with Crippen molar-refractivity contribution in [2.75, 3.05) is 7.11 Å². The highest BCUT2D eigenvalue weighted by atomic mass is 19.1. The summed E-state index contributed by atoms with van der Waals surface area (Å²) in [6, 6.07) is 5.01. The number of nitrogens with one attached hydrogen (secondary N) is 1. The van der Waals surface area contributed by atoms with Crippen LogP contribution in [0.25, 0.3) is 0 Å². The van der Waals surface area contributed by atoms with Gasteiger partial charge in [0.2, 0.25) is 5.91 Å². The van der Waals surface area contributed by atoms with E-state index >= 15 is 0 Å². The molecular weight excluding hydrogens is 237 g/mol. The fourth-order valence-electron chi connectivity index (χ4n) is 1.69. The molecule has 4 nitrogen and oxygen atoms in total. The molecule has 0 aliphatic carbocycles. The summed E-state index contributed by atoms with van der Waals surface area (Å²) in [4.78, 5) is 22.7. The number of halogens is 1. The largest absolute Gasteiger partial charge is 0.467 e. The molecule has 98 valence electrons. The minimum absolute atomic E-state index is 0.304. The average molecular weight is 253 g/mol. The maximum atomic E-state index is 12.8. The minimum atomic E-state index is -0.780. The first-order chi connectivity index (χ1) is 8.45. The summed E-state index contributed by atoms with van der Waals surface area (Å²) in [6.45, 7) is 3.10. The molecule has 2 atom stereocenters. The van der Waals surface area contributed by atoms with Crippen molar-refractivity contribution in [2.24, 2.45) is 0 Å². The number of ether oxygens (including phenoxy) is 1. The summed E-state index contributed by atoms with van der Waals surface area (Å²) >= 11 is 0. The molecule has 18 heavy (non-hydrogen) atoms. The number of amides is 1. The zero-order valence-corrected chi connectivity index (χ0v) is 10.6. The van der Waals surface area contributed by atoms with Crippen molar-refractivity contribution < 1.29 is 18.7 Å². The Labute approximate surface area is 105 Å². The molecule has 5 heteroatoms. The van der Waals surface area contributed by atoms with Crippen LogP contribution >= 0.6 is 0 Å². The Kier molecular flexibility index (Phi) is 4.83. The van der Waals surface area contributed by atoms with E-state index in [1.54, 1.807) is 19.1 Å². The molecule has 0 heterocycles. The first-order valence-electron chi connectivity index (χ1n) is 5.56. The predicted octanol–water partition coefficient (Wildman–Crippen LogP) is 1.61. The second kappa shape index (κ2) is 6.14. The van der Waals surface area contributed by atoms with Crippen LogP contribution in [0.15, 0.2) is 24.3 Å². The lowest BCUT2D eigenvalue weighted by Crippen LogP contribution is -2.43. The number of carbonyl (C=O) groups excluding carboxylic acids is 2. The van der Waals surface area contributed by atoms with Gasteiger partial charge in [-0.1, -0.05) is 19.1 Å². The summed E-state index contributed by atoms with van der Waals surface area (Å²) in [5.74, 6) is -1.50. The smallest absolute Gasteiger partial charge is 0.328 e. The SMILES string of the molecule is COC(=O)[C@H](NC(C)=O)[C@@H](C)c1ccc(F)cc1. The third kappa shape index (κ3) is 3.55. The van der Waals surface area contributed by atoms with Gasteiger partial charge in [-0.25, -0.2) is 9.18 Å². The maximum absolute atomic E-state index is 12.8. The molecule has 0 aliphatic rings. The first kappa shape index (κ1) is 14.2. The molecule has 0 saturated carbocycles. The van der Waals surface area contributed by atoms with E-state index in [0.717, 1.165) is 5.56 Å². The number of rotatable bonds is 4. The van der Waals surface area contributed by atoms with Gasteiger partial charge in [0.15, 0.2) is 0 Å². The highest BCUT2D eigenvalue weighted by molar-refractivity contribution is 5.84. The molecule has 0 spiro atoms. The standard InChI is InChI=1S/C13H16FNO3/c1-8(10-4-6-11(14)7-5-10)12(13(17)18-3)15-9(2)16/h4-8,12H,1-3H3,(H,15,16)/t8-,12+/m0/s1. The van der Waals surface area contributed by atoms with Crippen molar-refractivity contribution in [3.8, 4) is 0 Å². The number of carbonyl (C=O) groups is 2. The third-order valence-corrected chi connectivity index (χ3v) is 2.71. The van der Waals surface area contributed by atoms with Gasteiger partial charge in [0.25, 0.3) is 0 Å². The summed E-state index contributed by atoms with van der Waals surface area (Å²) in [6.07, 6.45) is 0. The van der Waals surface area contributed by atoms with Gasteiger partial charge in [0, 0.05) is 12.8 Å². The highest BCUT2D eigenvalue weighted by Gasteiger charge is 2.27. The van der Waals surface area contributed by atoms with Crippen molar-refractivity contribution in [2.45, 2.75) is 25.8 Å². The zero-order valence-electron chi connectivity index (χ0n) is 10.6. The van der Waals surface area contributed by atoms with Gasteiger partial charge in [-0.05, 0) is 17.7 Å². The summed E-state index contributed by atoms with van der Waals surface area (Å²) in [5.41, 5.74) is 0.751. The summed E-state index contributed by atoms with van der Waals surface area (Å²) in [7, 11) is 1.26. The van der Waals surface area contributed by atoms with Crippen LogP contribution in [0, 0.1) is 5.82 Å². The van der Waals surface area contributed by atoms with E-state index in [2.05, 4.69) is 10.1 Å². The Bertz CT molecular complexity index is 430. The van der Waals surface area contributed by atoms with Crippen molar-refractivity contribution in [3.63, 3.8) is 0 Å². The van der Waals surface area contributed by atoms with E-state index in [0.29, 0.717) is 0 Å². The van der Waals surface area contributed by atoms with Crippen LogP contribution in [0.5, 0.6) is 0 Å². The van der Waals surface area contributed by atoms with Crippen molar-refractivity contribution >= 4 is 11.9 Å². The van der Waals surface area contributed by atoms with Crippen molar-refractivity contribution in [3.05, 3.63) is 35.6 Å². The van der Waals surface area contributed by atoms with Crippen LogP contribution in [0.1, 0.15) is 25.3 Å². The fraction of sp³-hybridized carbons (Fsp3) is 0.385. The number of benzene rings is 1. The number of hydrogen-bond acceptors (Lipinski definition) is 3. The summed E-state index contributed by atoms with van der Waals surface area (Å²) < 4.78 is 17.5. The van der Waals surface area contributed by atoms with Crippen LogP contribution in [0.4, 0.5) is 4.39 Å². The second-order valence-corrected chi connectivity index (χ2v) is 4.04. The molecule has 1 aromatic rings. The predicted molar refractivity (Wildman–Crippen MR) is 64.4 cm³/mol. The average Bonchev–Trinajstić information content (AvgIpc) is 2.35. The van der Waals surface area contributed by atoms with Crippen LogP contribution < -0.4 is 5.32 Å². The molecule has 1 amide bonds. The Hall–Kier alpha value is -1.91. The third-order valence-electron chi connectivity index (χ3n) is 2.71. The highest BCUT2D eigenvalue weighted by Crippen LogP contribution is 2.20. The van der Waals surface area contributed by atoms with Gasteiger partial charge in [-0.15, -0.1) is 0 Å². The summed E-state index contributed by atoms with van der Waals surface area (Å²) in [5, 5.41) is 2.54. The Morgan fingerprint density at radius 3 is 2.28 bits per heavy atom. The van der Waals surface area contributed by atoms with Crippen molar-refractivity contribution in [1.82, 2.24) is 5.32 Å². The van der Waals surface area contributed by atoms with Crippen LogP contribution in [0.2, 0.25) is 0 Å². The molecule has 0 aromatic heterocycles. The van der Waals surface area contributed by atoms with E-state index in [-0.39, 0.29) is 17.6 Å². The Morgan fingerprint density at radius 2 is 1.83 bits per heavy atom. The topological polar surface area (TPSA) is 55.4 Å². The first-order valence-corrected chi connectivity index (χ1v) is 5.56. The molecule has 0 saturated heterocycles. The normalized spacial score (nSPS) is 13.6. The van der Waals surface area contributed by atoms with Crippen LogP contribution in [-0.4, -0.2) is 25.0 Å². The van der Waals surface area contributed by atoms with Crippen LogP contribution in [0.3, 0.4) is 0 Å². The van der Waals surface area contributed by atoms with Gasteiger partial charge in [-0.2, -0.15) is 0 Å². The van der Waals surface area contributed by atoms with E-state index in [9.17, 15) is 14.0 Å². The van der Waals surface area contributed by atoms with Gasteiger partial charge >= 0.3 is 5.97 Å². The van der Waals surface area contributed by atoms with Gasteiger partial charge < -0.3 is 10.1 Å². The van der Waals surface area contributed by atoms with E-state index < -0.39 is 12.0 Å². The van der Waals surface area contributed by atoms with E-state index in [1.165, 1.54) is 26.2 Å². The molecule has 1 aromatic carbocycles. The molecular formula is C13H16FNO3. The number of esters is 1. The lowest BCUT2D eigenvalue weighted by Gasteiger charge is -2.22. The maximum Gasteiger partial charge on any atom is 0.328 e. The molecule has 0 radical (unpaired) electrons. The monoisotopic (exact) mass is 253 g/mol. The van der Waals surface area contributed by atoms with Gasteiger partial charge in [-0.3, -0.25) is 4.79 Å². The number of methoxy groups -OCH3 is 1. The Morgan fingerprint density at radius 1 is 1.28 bits per heavy atom. The molecule has 0 aliphatic heterocycles. The lowest BCUT2D eigenvalue weighted by atomic mass is 9.93. The molecule has 1 rings (SSSR count).